The third kappa shape index (κ3) is 7.32. The van der Waals surface area contributed by atoms with Crippen molar-refractivity contribution >= 4 is 28.4 Å². The maximum Gasteiger partial charge on any atom is 0.257 e. The van der Waals surface area contributed by atoms with Crippen molar-refractivity contribution in [3.05, 3.63) is 59.3 Å². The topological polar surface area (TPSA) is 73.7 Å². The SMILES string of the molecule is C.CCCCCNC(=O)CN(CC(=O)N(C)N1Cc2ccccc2C1)c1cc2cnn(CC(F)F)c2cc1C. The Morgan fingerprint density at radius 1 is 1.10 bits per heavy atom. The number of hydrogen-bond donors (Lipinski definition) is 1. The fraction of sp³-hybridized carbons (Fsp3) is 0.483. The molecule has 1 aliphatic heterocycles. The normalized spacial score (nSPS) is 12.9. The van der Waals surface area contributed by atoms with E-state index in [0.29, 0.717) is 36.2 Å². The van der Waals surface area contributed by atoms with E-state index in [4.69, 9.17) is 0 Å². The Balaban J connectivity index is 0.00000420. The number of unbranched alkanes of at least 4 members (excludes halogenated alkanes) is 2. The summed E-state index contributed by atoms with van der Waals surface area (Å²) < 4.78 is 27.3. The van der Waals surface area contributed by atoms with Crippen molar-refractivity contribution in [1.82, 2.24) is 25.1 Å². The summed E-state index contributed by atoms with van der Waals surface area (Å²) >= 11 is 0. The van der Waals surface area contributed by atoms with Crippen molar-refractivity contribution in [2.75, 3.05) is 31.6 Å². The second-order valence-corrected chi connectivity index (χ2v) is 9.84. The van der Waals surface area contributed by atoms with Crippen molar-refractivity contribution in [2.24, 2.45) is 0 Å². The number of fused-ring (bicyclic) bond motifs is 2. The fourth-order valence-corrected chi connectivity index (χ4v) is 4.84. The molecule has 212 valence electrons. The Hall–Kier alpha value is -3.53. The number of nitrogens with zero attached hydrogens (tertiary/aromatic N) is 5. The van der Waals surface area contributed by atoms with Crippen LogP contribution in [0.4, 0.5) is 14.5 Å². The second-order valence-electron chi connectivity index (χ2n) is 9.84. The molecule has 0 radical (unpaired) electrons. The minimum absolute atomic E-state index is 0. The molecule has 1 N–H and O–H groups in total. The molecule has 8 nitrogen and oxygen atoms in total. The predicted octanol–water partition coefficient (Wildman–Crippen LogP) is 4.75. The number of anilines is 1. The van der Waals surface area contributed by atoms with Crippen LogP contribution in [0.5, 0.6) is 0 Å². The lowest BCUT2D eigenvalue weighted by Crippen LogP contribution is -2.48. The van der Waals surface area contributed by atoms with Gasteiger partial charge in [0.05, 0.1) is 24.8 Å². The van der Waals surface area contributed by atoms with Crippen LogP contribution in [0.15, 0.2) is 42.6 Å². The highest BCUT2D eigenvalue weighted by atomic mass is 19.3. The number of hydrogen-bond acceptors (Lipinski definition) is 5. The molecule has 0 aliphatic carbocycles. The average Bonchev–Trinajstić information content (AvgIpc) is 3.49. The van der Waals surface area contributed by atoms with E-state index < -0.39 is 13.0 Å². The third-order valence-corrected chi connectivity index (χ3v) is 6.98. The Bertz CT molecular complexity index is 1250. The monoisotopic (exact) mass is 542 g/mol. The Kier molecular flexibility index (Phi) is 10.4. The summed E-state index contributed by atoms with van der Waals surface area (Å²) in [4.78, 5) is 28.1. The molecule has 4 rings (SSSR count). The van der Waals surface area contributed by atoms with Crippen LogP contribution in [0.1, 0.15) is 50.3 Å². The van der Waals surface area contributed by atoms with Gasteiger partial charge in [-0.05, 0) is 42.2 Å². The Morgan fingerprint density at radius 3 is 2.44 bits per heavy atom. The first-order valence-corrected chi connectivity index (χ1v) is 13.1. The van der Waals surface area contributed by atoms with Gasteiger partial charge >= 0.3 is 0 Å². The van der Waals surface area contributed by atoms with E-state index in [0.717, 1.165) is 24.8 Å². The number of hydrazine groups is 1. The number of aromatic nitrogens is 2. The smallest absolute Gasteiger partial charge is 0.257 e. The molecular formula is C29H40F2N6O2. The quantitative estimate of drug-likeness (QED) is 0.335. The molecule has 3 aromatic rings. The van der Waals surface area contributed by atoms with Gasteiger partial charge in [-0.25, -0.2) is 13.8 Å². The molecule has 0 saturated heterocycles. The van der Waals surface area contributed by atoms with Gasteiger partial charge in [-0.3, -0.25) is 19.3 Å². The lowest BCUT2D eigenvalue weighted by molar-refractivity contribution is -0.145. The summed E-state index contributed by atoms with van der Waals surface area (Å²) in [5.41, 5.74) is 4.45. The summed E-state index contributed by atoms with van der Waals surface area (Å²) in [6.45, 7) is 5.33. The number of likely N-dealkylation sites (N-methyl/N-ethyl adjacent to an activating group) is 1. The summed E-state index contributed by atoms with van der Waals surface area (Å²) in [6.07, 6.45) is 2.01. The fourth-order valence-electron chi connectivity index (χ4n) is 4.84. The van der Waals surface area contributed by atoms with E-state index in [2.05, 4.69) is 29.5 Å². The zero-order valence-electron chi connectivity index (χ0n) is 22.3. The number of benzene rings is 2. The van der Waals surface area contributed by atoms with Crippen LogP contribution in [0.2, 0.25) is 0 Å². The molecular weight excluding hydrogens is 502 g/mol. The van der Waals surface area contributed by atoms with Crippen molar-refractivity contribution < 1.29 is 18.4 Å². The Morgan fingerprint density at radius 2 is 1.79 bits per heavy atom. The highest BCUT2D eigenvalue weighted by Crippen LogP contribution is 2.28. The van der Waals surface area contributed by atoms with Crippen LogP contribution in [0.3, 0.4) is 0 Å². The number of carbonyl (C=O) groups is 2. The van der Waals surface area contributed by atoms with Crippen LogP contribution < -0.4 is 10.2 Å². The molecule has 2 amide bonds. The zero-order valence-corrected chi connectivity index (χ0v) is 22.3. The number of carbonyl (C=O) groups excluding carboxylic acids is 2. The Labute approximate surface area is 229 Å². The van der Waals surface area contributed by atoms with Crippen LogP contribution in [-0.2, 0) is 29.2 Å². The third-order valence-electron chi connectivity index (χ3n) is 6.98. The van der Waals surface area contributed by atoms with Gasteiger partial charge < -0.3 is 10.2 Å². The van der Waals surface area contributed by atoms with Gasteiger partial charge in [-0.2, -0.15) is 5.10 Å². The number of amides is 2. The molecule has 39 heavy (non-hydrogen) atoms. The molecule has 0 unspecified atom stereocenters. The van der Waals surface area contributed by atoms with E-state index in [1.165, 1.54) is 15.8 Å². The molecule has 0 spiro atoms. The van der Waals surface area contributed by atoms with Gasteiger partial charge in [0.15, 0.2) is 0 Å². The van der Waals surface area contributed by atoms with Gasteiger partial charge in [-0.15, -0.1) is 0 Å². The largest absolute Gasteiger partial charge is 0.355 e. The minimum Gasteiger partial charge on any atom is -0.355 e. The van der Waals surface area contributed by atoms with Crippen molar-refractivity contribution in [1.29, 1.82) is 0 Å². The van der Waals surface area contributed by atoms with E-state index in [-0.39, 0.29) is 32.3 Å². The summed E-state index contributed by atoms with van der Waals surface area (Å²) in [6, 6.07) is 11.7. The second kappa shape index (κ2) is 13.5. The molecule has 0 bridgehead atoms. The molecule has 1 aliphatic rings. The molecule has 0 saturated carbocycles. The maximum atomic E-state index is 13.5. The van der Waals surface area contributed by atoms with Crippen molar-refractivity contribution in [3.8, 4) is 0 Å². The highest BCUT2D eigenvalue weighted by molar-refractivity contribution is 5.90. The van der Waals surface area contributed by atoms with E-state index >= 15 is 0 Å². The number of nitrogens with one attached hydrogen (secondary N) is 1. The lowest BCUT2D eigenvalue weighted by atomic mass is 10.1. The van der Waals surface area contributed by atoms with Crippen molar-refractivity contribution in [3.63, 3.8) is 0 Å². The molecule has 0 fully saturated rings. The van der Waals surface area contributed by atoms with Gasteiger partial charge in [0.1, 0.15) is 6.54 Å². The molecule has 10 heteroatoms. The van der Waals surface area contributed by atoms with Gasteiger partial charge in [-0.1, -0.05) is 51.5 Å². The number of alkyl halides is 2. The molecule has 2 heterocycles. The number of halogens is 2. The van der Waals surface area contributed by atoms with Gasteiger partial charge in [0, 0.05) is 37.8 Å². The molecule has 2 aromatic carbocycles. The summed E-state index contributed by atoms with van der Waals surface area (Å²) in [5.74, 6) is -0.317. The number of rotatable bonds is 12. The maximum absolute atomic E-state index is 13.5. The first kappa shape index (κ1) is 30.0. The molecule has 1 aromatic heterocycles. The van der Waals surface area contributed by atoms with E-state index in [9.17, 15) is 18.4 Å². The first-order chi connectivity index (χ1) is 18.3. The highest BCUT2D eigenvalue weighted by Gasteiger charge is 2.27. The lowest BCUT2D eigenvalue weighted by Gasteiger charge is -2.32. The predicted molar refractivity (Wildman–Crippen MR) is 150 cm³/mol. The molecule has 0 atom stereocenters. The number of aryl methyl sites for hydroxylation is 1. The minimum atomic E-state index is -2.52. The van der Waals surface area contributed by atoms with Crippen LogP contribution >= 0.6 is 0 Å². The first-order valence-electron chi connectivity index (χ1n) is 13.1. The van der Waals surface area contributed by atoms with E-state index in [1.54, 1.807) is 29.2 Å². The van der Waals surface area contributed by atoms with Crippen LogP contribution in [0.25, 0.3) is 10.9 Å². The average molecular weight is 543 g/mol. The van der Waals surface area contributed by atoms with Gasteiger partial charge in [0.25, 0.3) is 12.3 Å². The summed E-state index contributed by atoms with van der Waals surface area (Å²) in [7, 11) is 1.75. The van der Waals surface area contributed by atoms with Crippen LogP contribution in [0, 0.1) is 6.92 Å². The van der Waals surface area contributed by atoms with Crippen LogP contribution in [-0.4, -0.2) is 64.7 Å². The van der Waals surface area contributed by atoms with E-state index in [1.807, 2.05) is 30.1 Å². The van der Waals surface area contributed by atoms with Gasteiger partial charge in [0.2, 0.25) is 5.91 Å². The van der Waals surface area contributed by atoms with Crippen molar-refractivity contribution in [2.45, 2.75) is 66.6 Å². The zero-order chi connectivity index (χ0) is 27.2. The summed E-state index contributed by atoms with van der Waals surface area (Å²) in [5, 5.41) is 11.4. The standard InChI is InChI=1S/C28H36F2N6O2.CH4/c1-4-5-8-11-31-27(37)18-34(19-28(38)33(3)35-15-21-9-6-7-10-22(21)16-35)24-13-23-14-32-36(17-26(29)30)25(23)12-20(24)2;/h6-7,9-10,12-14,26H,4-5,8,11,15-19H2,1-3H3,(H,31,37);1H4.